The van der Waals surface area contributed by atoms with Gasteiger partial charge in [0, 0.05) is 19.3 Å². The van der Waals surface area contributed by atoms with E-state index in [-0.39, 0.29) is 44.0 Å². The molecule has 0 saturated heterocycles. The van der Waals surface area contributed by atoms with E-state index in [1.54, 1.807) is 0 Å². The van der Waals surface area contributed by atoms with Gasteiger partial charge in [-0.3, -0.25) is 14.4 Å². The number of ether oxygens (including phenoxy) is 3. The van der Waals surface area contributed by atoms with Crippen molar-refractivity contribution in [3.63, 3.8) is 0 Å². The van der Waals surface area contributed by atoms with Crippen LogP contribution in [0, 0.1) is 0 Å². The zero-order valence-corrected chi connectivity index (χ0v) is 47.7. The summed E-state index contributed by atoms with van der Waals surface area (Å²) in [5.41, 5.74) is 0. The molecule has 0 spiro atoms. The zero-order valence-electron chi connectivity index (χ0n) is 47.7. The van der Waals surface area contributed by atoms with Gasteiger partial charge < -0.3 is 14.2 Å². The summed E-state index contributed by atoms with van der Waals surface area (Å²) < 4.78 is 16.8. The van der Waals surface area contributed by atoms with Crippen molar-refractivity contribution in [3.05, 3.63) is 170 Å². The molecule has 6 nitrogen and oxygen atoms in total. The van der Waals surface area contributed by atoms with E-state index < -0.39 is 6.10 Å². The van der Waals surface area contributed by atoms with Crippen LogP contribution in [0.1, 0.15) is 226 Å². The van der Waals surface area contributed by atoms with Crippen molar-refractivity contribution >= 4 is 17.9 Å². The Morgan fingerprint density at radius 1 is 0.267 bits per heavy atom. The third-order valence-corrected chi connectivity index (χ3v) is 11.7. The third-order valence-electron chi connectivity index (χ3n) is 11.7. The lowest BCUT2D eigenvalue weighted by Crippen LogP contribution is -2.30. The molecule has 75 heavy (non-hydrogen) atoms. The second-order valence-corrected chi connectivity index (χ2v) is 18.8. The number of rotatable bonds is 51. The van der Waals surface area contributed by atoms with Crippen LogP contribution < -0.4 is 0 Å². The molecule has 1 atom stereocenters. The van der Waals surface area contributed by atoms with Crippen molar-refractivity contribution in [1.82, 2.24) is 0 Å². The Morgan fingerprint density at radius 3 is 0.787 bits per heavy atom. The van der Waals surface area contributed by atoms with Gasteiger partial charge in [0.1, 0.15) is 13.2 Å². The standard InChI is InChI=1S/C69H106O6/c1-4-7-10-13-16-19-22-25-28-31-33-34-36-38-41-44-47-50-53-56-59-62-68(71)74-65-66(64-73-67(70)61-58-55-52-49-46-43-40-37-30-27-24-21-18-15-12-9-6-3)75-69(72)63-60-57-54-51-48-45-42-39-35-32-29-26-23-20-17-14-11-8-5-2/h7-12,16-21,25-30,33-35,38-39,41,45,47-48,50,66H,4-6,13-15,22-24,31-32,36-37,40,42-44,46,49,51-65H2,1-3H3/b10-7-,11-8-,12-9-,19-16-,20-17-,21-18-,28-25-,29-26-,30-27-,34-33-,39-35-,41-38-,48-45-,50-47-. The molecule has 1 unspecified atom stereocenters. The minimum Gasteiger partial charge on any atom is -0.462 e. The summed E-state index contributed by atoms with van der Waals surface area (Å²) in [7, 11) is 0. The SMILES string of the molecule is CC/C=C\C/C=C\C/C=C\C/C=C\C/C=C\C/C=C\CCCCC(=O)OCC(COC(=O)CCCCCCCCC/C=C\C/C=C\C/C=C\CC)OC(=O)CCCCC/C=C\C/C=C\C/C=C\C/C=C\C/C=C\CC. The van der Waals surface area contributed by atoms with Crippen LogP contribution in [0.2, 0.25) is 0 Å². The van der Waals surface area contributed by atoms with Gasteiger partial charge in [0.05, 0.1) is 0 Å². The largest absolute Gasteiger partial charge is 0.462 e. The van der Waals surface area contributed by atoms with E-state index in [1.807, 2.05) is 0 Å². The predicted octanol–water partition coefficient (Wildman–Crippen LogP) is 20.3. The quantitative estimate of drug-likeness (QED) is 0.0261. The molecule has 0 aliphatic heterocycles. The minimum absolute atomic E-state index is 0.119. The highest BCUT2D eigenvalue weighted by Crippen LogP contribution is 2.13. The first-order chi connectivity index (χ1) is 37.0. The molecule has 0 aromatic carbocycles. The van der Waals surface area contributed by atoms with Crippen molar-refractivity contribution in [2.45, 2.75) is 232 Å². The summed E-state index contributed by atoms with van der Waals surface area (Å²) in [5.74, 6) is -1.01. The highest BCUT2D eigenvalue weighted by atomic mass is 16.6. The summed E-state index contributed by atoms with van der Waals surface area (Å²) >= 11 is 0. The van der Waals surface area contributed by atoms with Gasteiger partial charge >= 0.3 is 17.9 Å². The maximum absolute atomic E-state index is 12.9. The molecule has 0 aliphatic carbocycles. The summed E-state index contributed by atoms with van der Waals surface area (Å²) in [6.45, 7) is 6.21. The van der Waals surface area contributed by atoms with Gasteiger partial charge in [-0.05, 0) is 148 Å². The van der Waals surface area contributed by atoms with E-state index in [1.165, 1.54) is 25.7 Å². The van der Waals surface area contributed by atoms with Crippen molar-refractivity contribution < 1.29 is 28.6 Å². The Bertz CT molecular complexity index is 1750. The molecule has 0 bridgehead atoms. The molecule has 0 rings (SSSR count). The Labute approximate surface area is 460 Å². The van der Waals surface area contributed by atoms with E-state index in [2.05, 4.69) is 191 Å². The first kappa shape index (κ1) is 69.8. The summed E-state index contributed by atoms with van der Waals surface area (Å²) in [6.07, 6.45) is 90.6. The van der Waals surface area contributed by atoms with Crippen LogP contribution in [0.15, 0.2) is 170 Å². The summed E-state index contributed by atoms with van der Waals surface area (Å²) in [4.78, 5) is 38.3. The van der Waals surface area contributed by atoms with Crippen LogP contribution in [0.25, 0.3) is 0 Å². The molecule has 0 aromatic rings. The Hall–Kier alpha value is -5.23. The lowest BCUT2D eigenvalue weighted by molar-refractivity contribution is -0.167. The number of hydrogen-bond donors (Lipinski definition) is 0. The number of esters is 3. The van der Waals surface area contributed by atoms with Gasteiger partial charge in [0.2, 0.25) is 0 Å². The molecule has 6 heteroatoms. The average Bonchev–Trinajstić information content (AvgIpc) is 3.41. The topological polar surface area (TPSA) is 78.9 Å². The lowest BCUT2D eigenvalue weighted by atomic mass is 10.1. The lowest BCUT2D eigenvalue weighted by Gasteiger charge is -2.18. The van der Waals surface area contributed by atoms with Gasteiger partial charge in [0.15, 0.2) is 6.10 Å². The Balaban J connectivity index is 4.59. The van der Waals surface area contributed by atoms with Crippen LogP contribution in [-0.2, 0) is 28.6 Å². The second kappa shape index (κ2) is 61.3. The fourth-order valence-corrected chi connectivity index (χ4v) is 7.37. The molecular weight excluding hydrogens is 925 g/mol. The van der Waals surface area contributed by atoms with Gasteiger partial charge in [-0.1, -0.05) is 229 Å². The number of carbonyl (C=O) groups is 3. The molecule has 0 aromatic heterocycles. The molecule has 0 N–H and O–H groups in total. The number of allylic oxidation sites excluding steroid dienone is 28. The van der Waals surface area contributed by atoms with Gasteiger partial charge in [0.25, 0.3) is 0 Å². The highest BCUT2D eigenvalue weighted by Gasteiger charge is 2.19. The first-order valence-corrected chi connectivity index (χ1v) is 29.6. The van der Waals surface area contributed by atoms with Crippen molar-refractivity contribution in [2.24, 2.45) is 0 Å². The molecule has 0 saturated carbocycles. The Kier molecular flexibility index (Phi) is 57.0. The van der Waals surface area contributed by atoms with E-state index in [4.69, 9.17) is 14.2 Å². The normalized spacial score (nSPS) is 13.4. The molecule has 0 radical (unpaired) electrons. The first-order valence-electron chi connectivity index (χ1n) is 29.6. The van der Waals surface area contributed by atoms with Gasteiger partial charge in [-0.2, -0.15) is 0 Å². The molecule has 418 valence electrons. The molecule has 0 amide bonds. The van der Waals surface area contributed by atoms with Crippen LogP contribution in [0.5, 0.6) is 0 Å². The van der Waals surface area contributed by atoms with Gasteiger partial charge in [-0.25, -0.2) is 0 Å². The van der Waals surface area contributed by atoms with Crippen LogP contribution >= 0.6 is 0 Å². The molecule has 0 aliphatic rings. The fraction of sp³-hybridized carbons (Fsp3) is 0.551. The number of hydrogen-bond acceptors (Lipinski definition) is 6. The van der Waals surface area contributed by atoms with E-state index >= 15 is 0 Å². The third kappa shape index (κ3) is 59.5. The molecule has 0 fully saturated rings. The Morgan fingerprint density at radius 2 is 0.480 bits per heavy atom. The fourth-order valence-electron chi connectivity index (χ4n) is 7.37. The van der Waals surface area contributed by atoms with E-state index in [0.29, 0.717) is 19.3 Å². The maximum Gasteiger partial charge on any atom is 0.306 e. The van der Waals surface area contributed by atoms with Gasteiger partial charge in [-0.15, -0.1) is 0 Å². The zero-order chi connectivity index (χ0) is 54.3. The minimum atomic E-state index is -0.829. The van der Waals surface area contributed by atoms with Crippen LogP contribution in [-0.4, -0.2) is 37.2 Å². The average molecular weight is 1030 g/mol. The van der Waals surface area contributed by atoms with E-state index in [0.717, 1.165) is 148 Å². The molecular formula is C69H106O6. The molecule has 0 heterocycles. The smallest absolute Gasteiger partial charge is 0.306 e. The van der Waals surface area contributed by atoms with Crippen molar-refractivity contribution in [3.8, 4) is 0 Å². The number of unbranched alkanes of at least 4 members (excludes halogenated alkanes) is 12. The predicted molar refractivity (Wildman–Crippen MR) is 325 cm³/mol. The van der Waals surface area contributed by atoms with E-state index in [9.17, 15) is 14.4 Å². The van der Waals surface area contributed by atoms with Crippen molar-refractivity contribution in [1.29, 1.82) is 0 Å². The summed E-state index contributed by atoms with van der Waals surface area (Å²) in [6, 6.07) is 0. The van der Waals surface area contributed by atoms with Crippen LogP contribution in [0.3, 0.4) is 0 Å². The highest BCUT2D eigenvalue weighted by molar-refractivity contribution is 5.71. The summed E-state index contributed by atoms with van der Waals surface area (Å²) in [5, 5.41) is 0. The number of carbonyl (C=O) groups excluding carboxylic acids is 3. The monoisotopic (exact) mass is 1030 g/mol. The second-order valence-electron chi connectivity index (χ2n) is 18.8. The van der Waals surface area contributed by atoms with Crippen LogP contribution in [0.4, 0.5) is 0 Å². The maximum atomic E-state index is 12.9. The van der Waals surface area contributed by atoms with Crippen molar-refractivity contribution in [2.75, 3.05) is 13.2 Å².